The summed E-state index contributed by atoms with van der Waals surface area (Å²) in [6.07, 6.45) is 4.11. The molecule has 94 valence electrons. The maximum absolute atomic E-state index is 12.1. The van der Waals surface area contributed by atoms with Crippen molar-refractivity contribution >= 4 is 23.4 Å². The van der Waals surface area contributed by atoms with Crippen LogP contribution in [0.2, 0.25) is 0 Å². The van der Waals surface area contributed by atoms with Gasteiger partial charge in [0.1, 0.15) is 0 Å². The van der Waals surface area contributed by atoms with Crippen LogP contribution >= 0.6 is 11.8 Å². The molecule has 1 unspecified atom stereocenters. The van der Waals surface area contributed by atoms with Crippen molar-refractivity contribution in [1.82, 2.24) is 15.1 Å². The monoisotopic (exact) mass is 254 g/mol. The zero-order chi connectivity index (χ0) is 12.3. The van der Waals surface area contributed by atoms with Gasteiger partial charge in [0.2, 0.25) is 5.91 Å². The highest BCUT2D eigenvalue weighted by atomic mass is 32.2. The molecule has 1 saturated heterocycles. The van der Waals surface area contributed by atoms with Gasteiger partial charge in [0.15, 0.2) is 0 Å². The fraction of sp³-hybridized carbons (Fsp3) is 0.636. The van der Waals surface area contributed by atoms with Gasteiger partial charge in [0, 0.05) is 50.8 Å². The molecule has 6 heteroatoms. The summed E-state index contributed by atoms with van der Waals surface area (Å²) in [5, 5.41) is 7.44. The van der Waals surface area contributed by atoms with Crippen molar-refractivity contribution in [3.63, 3.8) is 0 Å². The summed E-state index contributed by atoms with van der Waals surface area (Å²) < 4.78 is 1.70. The van der Waals surface area contributed by atoms with Gasteiger partial charge in [-0.1, -0.05) is 0 Å². The molecule has 1 N–H and O–H groups in total. The standard InChI is InChI=1S/C11H18N4OS/c1-14-7-10(6-13-14)15(2)11(16)5-9-8-17-4-3-12-9/h6-7,9,12H,3-5,8H2,1-2H3. The van der Waals surface area contributed by atoms with Crippen LogP contribution in [0.1, 0.15) is 6.42 Å². The minimum absolute atomic E-state index is 0.137. The number of aromatic nitrogens is 2. The molecule has 1 aliphatic rings. The first kappa shape index (κ1) is 12.4. The molecular weight excluding hydrogens is 236 g/mol. The summed E-state index contributed by atoms with van der Waals surface area (Å²) in [5.74, 6) is 2.30. The first-order chi connectivity index (χ1) is 8.16. The number of carbonyl (C=O) groups excluding carboxylic acids is 1. The van der Waals surface area contributed by atoms with Gasteiger partial charge in [0.25, 0.3) is 0 Å². The van der Waals surface area contributed by atoms with Gasteiger partial charge in [0.05, 0.1) is 11.9 Å². The van der Waals surface area contributed by atoms with E-state index in [0.717, 1.165) is 23.7 Å². The van der Waals surface area contributed by atoms with Crippen LogP contribution in [0.5, 0.6) is 0 Å². The minimum Gasteiger partial charge on any atom is -0.313 e. The summed E-state index contributed by atoms with van der Waals surface area (Å²) in [7, 11) is 3.65. The Morgan fingerprint density at radius 1 is 1.76 bits per heavy atom. The summed E-state index contributed by atoms with van der Waals surface area (Å²) in [4.78, 5) is 13.7. The largest absolute Gasteiger partial charge is 0.313 e. The molecule has 1 fully saturated rings. The predicted octanol–water partition coefficient (Wildman–Crippen LogP) is 0.478. The zero-order valence-electron chi connectivity index (χ0n) is 10.2. The first-order valence-electron chi connectivity index (χ1n) is 5.73. The van der Waals surface area contributed by atoms with Gasteiger partial charge in [-0.15, -0.1) is 0 Å². The molecule has 1 amide bonds. The molecule has 5 nitrogen and oxygen atoms in total. The molecule has 1 atom stereocenters. The maximum atomic E-state index is 12.1. The van der Waals surface area contributed by atoms with E-state index in [1.165, 1.54) is 0 Å². The van der Waals surface area contributed by atoms with Gasteiger partial charge in [-0.25, -0.2) is 0 Å². The van der Waals surface area contributed by atoms with Crippen LogP contribution < -0.4 is 10.2 Å². The Labute approximate surface area is 106 Å². The third kappa shape index (κ3) is 3.23. The number of anilines is 1. The molecule has 0 aliphatic carbocycles. The Morgan fingerprint density at radius 2 is 2.59 bits per heavy atom. The predicted molar refractivity (Wildman–Crippen MR) is 70.4 cm³/mol. The van der Waals surface area contributed by atoms with E-state index in [0.29, 0.717) is 12.5 Å². The Hall–Kier alpha value is -1.01. The lowest BCUT2D eigenvalue weighted by atomic mass is 10.2. The van der Waals surface area contributed by atoms with E-state index in [1.807, 2.05) is 25.0 Å². The average molecular weight is 254 g/mol. The van der Waals surface area contributed by atoms with Crippen LogP contribution in [-0.2, 0) is 11.8 Å². The van der Waals surface area contributed by atoms with Crippen LogP contribution in [0.3, 0.4) is 0 Å². The number of aryl methyl sites for hydroxylation is 1. The van der Waals surface area contributed by atoms with Gasteiger partial charge in [-0.05, 0) is 0 Å². The van der Waals surface area contributed by atoms with Crippen LogP contribution in [0, 0.1) is 0 Å². The number of carbonyl (C=O) groups is 1. The van der Waals surface area contributed by atoms with E-state index in [9.17, 15) is 4.79 Å². The number of hydrogen-bond acceptors (Lipinski definition) is 4. The SMILES string of the molecule is CN(C(=O)CC1CSCCN1)c1cnn(C)c1. The normalized spacial score (nSPS) is 20.2. The van der Waals surface area contributed by atoms with Crippen molar-refractivity contribution in [2.75, 3.05) is 30.0 Å². The summed E-state index contributed by atoms with van der Waals surface area (Å²) in [5.41, 5.74) is 0.848. The molecule has 17 heavy (non-hydrogen) atoms. The van der Waals surface area contributed by atoms with Gasteiger partial charge in [-0.2, -0.15) is 16.9 Å². The van der Waals surface area contributed by atoms with Gasteiger partial charge >= 0.3 is 0 Å². The van der Waals surface area contributed by atoms with E-state index in [-0.39, 0.29) is 5.91 Å². The molecule has 2 rings (SSSR count). The second-order valence-corrected chi connectivity index (χ2v) is 5.40. The number of nitrogens with zero attached hydrogens (tertiary/aromatic N) is 3. The molecule has 2 heterocycles. The van der Waals surface area contributed by atoms with Crippen molar-refractivity contribution in [1.29, 1.82) is 0 Å². The highest BCUT2D eigenvalue weighted by Gasteiger charge is 2.20. The van der Waals surface area contributed by atoms with Gasteiger partial charge < -0.3 is 10.2 Å². The van der Waals surface area contributed by atoms with Crippen molar-refractivity contribution in [2.24, 2.45) is 7.05 Å². The highest BCUT2D eigenvalue weighted by Crippen LogP contribution is 2.15. The molecule has 0 aromatic carbocycles. The number of hydrogen-bond donors (Lipinski definition) is 1. The fourth-order valence-corrected chi connectivity index (χ4v) is 2.77. The average Bonchev–Trinajstić information content (AvgIpc) is 2.76. The number of thioether (sulfide) groups is 1. The van der Waals surface area contributed by atoms with Gasteiger partial charge in [-0.3, -0.25) is 9.48 Å². The van der Waals surface area contributed by atoms with Crippen LogP contribution in [-0.4, -0.2) is 46.8 Å². The molecule has 0 bridgehead atoms. The van der Waals surface area contributed by atoms with Crippen LogP contribution in [0.15, 0.2) is 12.4 Å². The zero-order valence-corrected chi connectivity index (χ0v) is 11.0. The molecule has 1 aliphatic heterocycles. The van der Waals surface area contributed by atoms with Crippen LogP contribution in [0.25, 0.3) is 0 Å². The smallest absolute Gasteiger partial charge is 0.228 e. The fourth-order valence-electron chi connectivity index (χ4n) is 1.82. The van der Waals surface area contributed by atoms with E-state index in [2.05, 4.69) is 10.4 Å². The molecule has 1 aromatic heterocycles. The molecule has 1 aromatic rings. The second-order valence-electron chi connectivity index (χ2n) is 4.26. The summed E-state index contributed by atoms with van der Waals surface area (Å²) in [6, 6.07) is 0.306. The van der Waals surface area contributed by atoms with E-state index < -0.39 is 0 Å². The lowest BCUT2D eigenvalue weighted by molar-refractivity contribution is -0.118. The topological polar surface area (TPSA) is 50.2 Å². The molecule has 0 spiro atoms. The molecule has 0 saturated carbocycles. The first-order valence-corrected chi connectivity index (χ1v) is 6.88. The highest BCUT2D eigenvalue weighted by molar-refractivity contribution is 7.99. The van der Waals surface area contributed by atoms with Crippen molar-refractivity contribution in [3.05, 3.63) is 12.4 Å². The molecule has 0 radical (unpaired) electrons. The van der Waals surface area contributed by atoms with Crippen molar-refractivity contribution in [3.8, 4) is 0 Å². The Kier molecular flexibility index (Phi) is 4.06. The van der Waals surface area contributed by atoms with E-state index in [1.54, 1.807) is 22.8 Å². The molecular formula is C11H18N4OS. The summed E-state index contributed by atoms with van der Waals surface area (Å²) >= 11 is 1.91. The van der Waals surface area contributed by atoms with Crippen LogP contribution in [0.4, 0.5) is 5.69 Å². The minimum atomic E-state index is 0.137. The number of rotatable bonds is 3. The summed E-state index contributed by atoms with van der Waals surface area (Å²) in [6.45, 7) is 0.999. The Morgan fingerprint density at radius 3 is 3.18 bits per heavy atom. The van der Waals surface area contributed by atoms with E-state index >= 15 is 0 Å². The number of amides is 1. The van der Waals surface area contributed by atoms with Crippen molar-refractivity contribution in [2.45, 2.75) is 12.5 Å². The third-order valence-electron chi connectivity index (χ3n) is 2.87. The Balaban J connectivity index is 1.90. The second kappa shape index (κ2) is 5.55. The van der Waals surface area contributed by atoms with E-state index in [4.69, 9.17) is 0 Å². The lowest BCUT2D eigenvalue weighted by Crippen LogP contribution is -2.41. The third-order valence-corrected chi connectivity index (χ3v) is 4.00. The number of nitrogens with one attached hydrogen (secondary N) is 1. The quantitative estimate of drug-likeness (QED) is 0.852. The lowest BCUT2D eigenvalue weighted by Gasteiger charge is -2.24. The van der Waals surface area contributed by atoms with Crippen molar-refractivity contribution < 1.29 is 4.79 Å². The maximum Gasteiger partial charge on any atom is 0.228 e. The Bertz CT molecular complexity index is 387.